The molecule has 11 heteroatoms. The number of aromatic nitrogens is 2. The number of fused-ring (bicyclic) bond motifs is 1. The van der Waals surface area contributed by atoms with Gasteiger partial charge in [-0.25, -0.2) is 9.18 Å². The van der Waals surface area contributed by atoms with Gasteiger partial charge in [-0.15, -0.1) is 0 Å². The SMILES string of the molecule is O=C(Nc1ccc(Oc2cccc3nsnc23)cc1)Nc1cc(C(F)(F)F)ccc1F. The molecule has 4 rings (SSSR count). The normalized spacial score (nSPS) is 11.4. The predicted octanol–water partition coefficient (Wildman–Crippen LogP) is 6.29. The molecule has 6 nitrogen and oxygen atoms in total. The summed E-state index contributed by atoms with van der Waals surface area (Å²) in [6.45, 7) is 0. The second kappa shape index (κ2) is 8.19. The Hall–Kier alpha value is -3.73. The molecule has 31 heavy (non-hydrogen) atoms. The van der Waals surface area contributed by atoms with E-state index in [0.717, 1.165) is 11.7 Å². The third-order valence-corrected chi connectivity index (χ3v) is 4.67. The van der Waals surface area contributed by atoms with Crippen molar-refractivity contribution < 1.29 is 27.1 Å². The van der Waals surface area contributed by atoms with Crippen LogP contribution in [0.5, 0.6) is 11.5 Å². The average Bonchev–Trinajstić information content (AvgIpc) is 3.20. The quantitative estimate of drug-likeness (QED) is 0.360. The highest BCUT2D eigenvalue weighted by molar-refractivity contribution is 7.00. The molecule has 2 N–H and O–H groups in total. The first-order valence-electron chi connectivity index (χ1n) is 8.73. The first-order valence-corrected chi connectivity index (χ1v) is 9.46. The van der Waals surface area contributed by atoms with E-state index in [9.17, 15) is 22.4 Å². The number of rotatable bonds is 4. The number of halogens is 4. The number of nitrogens with one attached hydrogen (secondary N) is 2. The van der Waals surface area contributed by atoms with Crippen molar-refractivity contribution in [1.29, 1.82) is 0 Å². The molecule has 0 unspecified atom stereocenters. The summed E-state index contributed by atoms with van der Waals surface area (Å²) in [6, 6.07) is 12.4. The number of carbonyl (C=O) groups is 1. The third-order valence-electron chi connectivity index (χ3n) is 4.13. The zero-order valence-electron chi connectivity index (χ0n) is 15.4. The molecule has 0 aliphatic heterocycles. The van der Waals surface area contributed by atoms with Crippen LogP contribution in [0.4, 0.5) is 33.7 Å². The summed E-state index contributed by atoms with van der Waals surface area (Å²) in [6.07, 6.45) is -4.66. The molecule has 1 heterocycles. The molecule has 0 fully saturated rings. The summed E-state index contributed by atoms with van der Waals surface area (Å²) in [5, 5.41) is 4.49. The van der Waals surface area contributed by atoms with Crippen LogP contribution >= 0.6 is 11.7 Å². The maximum absolute atomic E-state index is 13.8. The topological polar surface area (TPSA) is 76.1 Å². The Kier molecular flexibility index (Phi) is 5.42. The number of hydrogen-bond acceptors (Lipinski definition) is 5. The van der Waals surface area contributed by atoms with Crippen LogP contribution in [0, 0.1) is 5.82 Å². The van der Waals surface area contributed by atoms with Crippen molar-refractivity contribution in [2.75, 3.05) is 10.6 Å². The average molecular weight is 448 g/mol. The number of anilines is 2. The molecule has 0 aliphatic rings. The maximum Gasteiger partial charge on any atom is 0.416 e. The lowest BCUT2D eigenvalue weighted by Crippen LogP contribution is -2.20. The highest BCUT2D eigenvalue weighted by atomic mass is 32.1. The van der Waals surface area contributed by atoms with E-state index in [1.54, 1.807) is 24.3 Å². The lowest BCUT2D eigenvalue weighted by Gasteiger charge is -2.12. The van der Waals surface area contributed by atoms with Crippen LogP contribution in [0.25, 0.3) is 11.0 Å². The van der Waals surface area contributed by atoms with Crippen LogP contribution in [0.1, 0.15) is 5.56 Å². The number of benzene rings is 3. The fourth-order valence-electron chi connectivity index (χ4n) is 2.68. The Morgan fingerprint density at radius 3 is 2.48 bits per heavy atom. The predicted molar refractivity (Wildman–Crippen MR) is 108 cm³/mol. The van der Waals surface area contributed by atoms with E-state index in [-0.39, 0.29) is 0 Å². The number of amides is 2. The van der Waals surface area contributed by atoms with Gasteiger partial charge in [0.25, 0.3) is 0 Å². The standard InChI is InChI=1S/C20H12F4N4O2S/c21-14-9-4-11(20(22,23)24)10-16(14)26-19(29)25-12-5-7-13(8-6-12)30-17-3-1-2-15-18(17)28-31-27-15/h1-10H,(H2,25,26,29). The highest BCUT2D eigenvalue weighted by Crippen LogP contribution is 2.32. The van der Waals surface area contributed by atoms with E-state index in [4.69, 9.17) is 4.74 Å². The minimum atomic E-state index is -4.66. The third kappa shape index (κ3) is 4.72. The van der Waals surface area contributed by atoms with E-state index in [1.807, 2.05) is 6.07 Å². The summed E-state index contributed by atoms with van der Waals surface area (Å²) in [4.78, 5) is 12.1. The summed E-state index contributed by atoms with van der Waals surface area (Å²) in [7, 11) is 0. The molecule has 0 saturated carbocycles. The van der Waals surface area contributed by atoms with Crippen LogP contribution < -0.4 is 15.4 Å². The Morgan fingerprint density at radius 2 is 1.74 bits per heavy atom. The number of alkyl halides is 3. The number of urea groups is 1. The van der Waals surface area contributed by atoms with Gasteiger partial charge in [-0.3, -0.25) is 0 Å². The van der Waals surface area contributed by atoms with E-state index >= 15 is 0 Å². The molecule has 0 atom stereocenters. The molecular formula is C20H12F4N4O2S. The van der Waals surface area contributed by atoms with E-state index < -0.39 is 29.3 Å². The van der Waals surface area contributed by atoms with E-state index in [0.29, 0.717) is 46.4 Å². The lowest BCUT2D eigenvalue weighted by molar-refractivity contribution is -0.137. The van der Waals surface area contributed by atoms with Crippen molar-refractivity contribution in [1.82, 2.24) is 8.75 Å². The minimum Gasteiger partial charge on any atom is -0.455 e. The minimum absolute atomic E-state index is 0.325. The molecule has 2 amide bonds. The summed E-state index contributed by atoms with van der Waals surface area (Å²) >= 11 is 1.07. The molecule has 158 valence electrons. The van der Waals surface area contributed by atoms with Gasteiger partial charge < -0.3 is 15.4 Å². The molecule has 3 aromatic carbocycles. The molecule has 4 aromatic rings. The monoisotopic (exact) mass is 448 g/mol. The van der Waals surface area contributed by atoms with Crippen LogP contribution in [-0.4, -0.2) is 14.8 Å². The molecule has 0 aliphatic carbocycles. The fraction of sp³-hybridized carbons (Fsp3) is 0.0500. The van der Waals surface area contributed by atoms with E-state index in [1.165, 1.54) is 12.1 Å². The smallest absolute Gasteiger partial charge is 0.416 e. The molecule has 1 aromatic heterocycles. The van der Waals surface area contributed by atoms with Gasteiger partial charge >= 0.3 is 12.2 Å². The number of ether oxygens (including phenoxy) is 1. The van der Waals surface area contributed by atoms with Crippen LogP contribution in [-0.2, 0) is 6.18 Å². The van der Waals surface area contributed by atoms with Crippen LogP contribution in [0.15, 0.2) is 60.7 Å². The van der Waals surface area contributed by atoms with Crippen molar-refractivity contribution in [2.24, 2.45) is 0 Å². The Labute approximate surface area is 176 Å². The maximum atomic E-state index is 13.8. The van der Waals surface area contributed by atoms with Crippen molar-refractivity contribution in [3.63, 3.8) is 0 Å². The van der Waals surface area contributed by atoms with Crippen molar-refractivity contribution in [2.45, 2.75) is 6.18 Å². The Bertz CT molecular complexity index is 1240. The van der Waals surface area contributed by atoms with Crippen molar-refractivity contribution >= 4 is 40.2 Å². The summed E-state index contributed by atoms with van der Waals surface area (Å²) < 4.78 is 66.2. The Morgan fingerprint density at radius 1 is 0.968 bits per heavy atom. The largest absolute Gasteiger partial charge is 0.455 e. The molecule has 0 saturated heterocycles. The molecule has 0 radical (unpaired) electrons. The molecular weight excluding hydrogens is 436 g/mol. The van der Waals surface area contributed by atoms with Gasteiger partial charge in [-0.2, -0.15) is 21.9 Å². The van der Waals surface area contributed by atoms with Gasteiger partial charge in [-0.1, -0.05) is 6.07 Å². The highest BCUT2D eigenvalue weighted by Gasteiger charge is 2.31. The number of hydrogen-bond donors (Lipinski definition) is 2. The van der Waals surface area contributed by atoms with Gasteiger partial charge in [-0.05, 0) is 54.6 Å². The first kappa shape index (κ1) is 20.5. The second-order valence-electron chi connectivity index (χ2n) is 6.29. The van der Waals surface area contributed by atoms with Gasteiger partial charge in [0, 0.05) is 5.69 Å². The van der Waals surface area contributed by atoms with Crippen molar-refractivity contribution in [3.05, 3.63) is 72.0 Å². The fourth-order valence-corrected chi connectivity index (χ4v) is 3.22. The van der Waals surface area contributed by atoms with Gasteiger partial charge in [0.2, 0.25) is 0 Å². The summed E-state index contributed by atoms with van der Waals surface area (Å²) in [5.41, 5.74) is -0.00415. The molecule has 0 spiro atoms. The van der Waals surface area contributed by atoms with Crippen LogP contribution in [0.2, 0.25) is 0 Å². The van der Waals surface area contributed by atoms with E-state index in [2.05, 4.69) is 19.4 Å². The van der Waals surface area contributed by atoms with Crippen molar-refractivity contribution in [3.8, 4) is 11.5 Å². The first-order chi connectivity index (χ1) is 14.8. The summed E-state index contributed by atoms with van der Waals surface area (Å²) in [5.74, 6) is -0.00212. The zero-order valence-corrected chi connectivity index (χ0v) is 16.2. The lowest BCUT2D eigenvalue weighted by atomic mass is 10.2. The second-order valence-corrected chi connectivity index (χ2v) is 6.81. The van der Waals surface area contributed by atoms with Crippen LogP contribution in [0.3, 0.4) is 0 Å². The Balaban J connectivity index is 1.42. The van der Waals surface area contributed by atoms with Gasteiger partial charge in [0.15, 0.2) is 5.75 Å². The van der Waals surface area contributed by atoms with Gasteiger partial charge in [0.1, 0.15) is 22.6 Å². The zero-order chi connectivity index (χ0) is 22.0. The molecule has 0 bridgehead atoms. The number of carbonyl (C=O) groups excluding carboxylic acids is 1. The number of nitrogens with zero attached hydrogens (tertiary/aromatic N) is 2. The van der Waals surface area contributed by atoms with Gasteiger partial charge in [0.05, 0.1) is 23.0 Å².